The van der Waals surface area contributed by atoms with Crippen molar-refractivity contribution in [1.29, 1.82) is 0 Å². The first-order valence-electron chi connectivity index (χ1n) is 7.71. The minimum absolute atomic E-state index is 0.574. The average Bonchev–Trinajstić information content (AvgIpc) is 2.52. The number of hydrogen-bond acceptors (Lipinski definition) is 3. The van der Waals surface area contributed by atoms with Crippen molar-refractivity contribution in [2.24, 2.45) is 0 Å². The largest absolute Gasteiger partial charge is 0.382 e. The van der Waals surface area contributed by atoms with Crippen molar-refractivity contribution in [1.82, 2.24) is 4.98 Å². The first kappa shape index (κ1) is 13.9. The minimum Gasteiger partial charge on any atom is -0.382 e. The molecule has 0 unspecified atom stereocenters. The highest BCUT2D eigenvalue weighted by Gasteiger charge is 2.19. The number of anilines is 2. The Labute approximate surface area is 127 Å². The van der Waals surface area contributed by atoms with Crippen molar-refractivity contribution >= 4 is 11.4 Å². The van der Waals surface area contributed by atoms with E-state index in [0.29, 0.717) is 6.04 Å². The normalized spacial score (nSPS) is 16.0. The van der Waals surface area contributed by atoms with Gasteiger partial charge in [0.05, 0.1) is 0 Å². The van der Waals surface area contributed by atoms with E-state index in [4.69, 9.17) is 0 Å². The number of piperidine rings is 1. The lowest BCUT2D eigenvalue weighted by Crippen LogP contribution is -2.39. The summed E-state index contributed by atoms with van der Waals surface area (Å²) >= 11 is 0. The van der Waals surface area contributed by atoms with Crippen molar-refractivity contribution in [2.45, 2.75) is 32.7 Å². The van der Waals surface area contributed by atoms with Gasteiger partial charge < -0.3 is 10.2 Å². The number of aryl methyl sites for hydroxylation is 2. The van der Waals surface area contributed by atoms with Crippen LogP contribution in [0.2, 0.25) is 0 Å². The van der Waals surface area contributed by atoms with Crippen LogP contribution in [-0.2, 0) is 0 Å². The number of nitrogens with one attached hydrogen (secondary N) is 1. The van der Waals surface area contributed by atoms with Gasteiger partial charge in [-0.25, -0.2) is 0 Å². The molecule has 0 amide bonds. The second-order valence-electron chi connectivity index (χ2n) is 5.93. The molecule has 1 fully saturated rings. The highest BCUT2D eigenvalue weighted by Crippen LogP contribution is 2.23. The molecule has 2 aromatic rings. The third-order valence-electron chi connectivity index (χ3n) is 4.26. The van der Waals surface area contributed by atoms with Gasteiger partial charge >= 0.3 is 0 Å². The average molecular weight is 281 g/mol. The zero-order chi connectivity index (χ0) is 14.7. The Morgan fingerprint density at radius 1 is 1.05 bits per heavy atom. The van der Waals surface area contributed by atoms with Gasteiger partial charge in [-0.1, -0.05) is 17.7 Å². The molecule has 0 spiro atoms. The van der Waals surface area contributed by atoms with E-state index in [1.807, 2.05) is 12.4 Å². The molecule has 1 aliphatic rings. The highest BCUT2D eigenvalue weighted by molar-refractivity contribution is 5.53. The summed E-state index contributed by atoms with van der Waals surface area (Å²) in [5.41, 5.74) is 5.23. The van der Waals surface area contributed by atoms with E-state index >= 15 is 0 Å². The van der Waals surface area contributed by atoms with Crippen LogP contribution in [0, 0.1) is 13.8 Å². The smallest absolute Gasteiger partial charge is 0.0397 e. The fourth-order valence-corrected chi connectivity index (χ4v) is 3.03. The standard InChI is InChI=1S/C18H23N3/c1-14-3-4-18(15(2)13-14)20-16-7-11-21(12-8-16)17-5-9-19-10-6-17/h3-6,9-10,13,16,20H,7-8,11-12H2,1-2H3. The summed E-state index contributed by atoms with van der Waals surface area (Å²) in [5.74, 6) is 0. The Morgan fingerprint density at radius 3 is 2.43 bits per heavy atom. The van der Waals surface area contributed by atoms with Crippen LogP contribution in [0.5, 0.6) is 0 Å². The van der Waals surface area contributed by atoms with Crippen molar-refractivity contribution in [3.8, 4) is 0 Å². The van der Waals surface area contributed by atoms with Gasteiger partial charge in [-0.3, -0.25) is 4.98 Å². The van der Waals surface area contributed by atoms with Crippen LogP contribution in [0.1, 0.15) is 24.0 Å². The van der Waals surface area contributed by atoms with Crippen molar-refractivity contribution < 1.29 is 0 Å². The zero-order valence-corrected chi connectivity index (χ0v) is 12.8. The van der Waals surface area contributed by atoms with Gasteiger partial charge in [0.25, 0.3) is 0 Å². The van der Waals surface area contributed by atoms with Crippen LogP contribution in [0.25, 0.3) is 0 Å². The van der Waals surface area contributed by atoms with Gasteiger partial charge in [-0.2, -0.15) is 0 Å². The van der Waals surface area contributed by atoms with Gasteiger partial charge in [0, 0.05) is 42.9 Å². The summed E-state index contributed by atoms with van der Waals surface area (Å²) in [7, 11) is 0. The molecule has 2 heterocycles. The zero-order valence-electron chi connectivity index (χ0n) is 12.8. The summed E-state index contributed by atoms with van der Waals surface area (Å²) in [4.78, 5) is 6.54. The van der Waals surface area contributed by atoms with Crippen LogP contribution in [0.4, 0.5) is 11.4 Å². The van der Waals surface area contributed by atoms with Gasteiger partial charge in [-0.05, 0) is 50.5 Å². The van der Waals surface area contributed by atoms with E-state index in [1.165, 1.54) is 35.3 Å². The van der Waals surface area contributed by atoms with Crippen LogP contribution < -0.4 is 10.2 Å². The molecule has 1 N–H and O–H groups in total. The molecule has 21 heavy (non-hydrogen) atoms. The highest BCUT2D eigenvalue weighted by atomic mass is 15.1. The van der Waals surface area contributed by atoms with E-state index in [1.54, 1.807) is 0 Å². The van der Waals surface area contributed by atoms with Crippen molar-refractivity contribution in [2.75, 3.05) is 23.3 Å². The molecule has 1 aromatic carbocycles. The van der Waals surface area contributed by atoms with Gasteiger partial charge in [-0.15, -0.1) is 0 Å². The maximum atomic E-state index is 4.09. The summed E-state index contributed by atoms with van der Waals surface area (Å²) in [6.45, 7) is 6.53. The van der Waals surface area contributed by atoms with Crippen LogP contribution in [0.3, 0.4) is 0 Å². The van der Waals surface area contributed by atoms with E-state index in [-0.39, 0.29) is 0 Å². The second kappa shape index (κ2) is 6.17. The molecule has 3 rings (SSSR count). The number of aromatic nitrogens is 1. The topological polar surface area (TPSA) is 28.2 Å². The minimum atomic E-state index is 0.574. The van der Waals surface area contributed by atoms with Crippen LogP contribution >= 0.6 is 0 Å². The quantitative estimate of drug-likeness (QED) is 0.928. The Hall–Kier alpha value is -2.03. The third-order valence-corrected chi connectivity index (χ3v) is 4.26. The lowest BCUT2D eigenvalue weighted by atomic mass is 10.0. The SMILES string of the molecule is Cc1ccc(NC2CCN(c3ccncc3)CC2)c(C)c1. The first-order chi connectivity index (χ1) is 10.2. The maximum Gasteiger partial charge on any atom is 0.0397 e. The Balaban J connectivity index is 1.59. The Kier molecular flexibility index (Phi) is 4.09. The molecule has 1 aromatic heterocycles. The van der Waals surface area contributed by atoms with Crippen LogP contribution in [0.15, 0.2) is 42.7 Å². The van der Waals surface area contributed by atoms with Crippen molar-refractivity contribution in [3.63, 3.8) is 0 Å². The maximum absolute atomic E-state index is 4.09. The number of hydrogen-bond donors (Lipinski definition) is 1. The summed E-state index contributed by atoms with van der Waals surface area (Å²) < 4.78 is 0. The number of benzene rings is 1. The van der Waals surface area contributed by atoms with Crippen molar-refractivity contribution in [3.05, 3.63) is 53.9 Å². The van der Waals surface area contributed by atoms with Crippen LogP contribution in [-0.4, -0.2) is 24.1 Å². The molecule has 3 nitrogen and oxygen atoms in total. The molecule has 0 atom stereocenters. The van der Waals surface area contributed by atoms with Gasteiger partial charge in [0.1, 0.15) is 0 Å². The molecule has 0 radical (unpaired) electrons. The predicted molar refractivity (Wildman–Crippen MR) is 89.0 cm³/mol. The molecular formula is C18H23N3. The first-order valence-corrected chi connectivity index (χ1v) is 7.71. The fraction of sp³-hybridized carbons (Fsp3) is 0.389. The molecular weight excluding hydrogens is 258 g/mol. The molecule has 0 aliphatic carbocycles. The van der Waals surface area contributed by atoms with Gasteiger partial charge in [0.2, 0.25) is 0 Å². The van der Waals surface area contributed by atoms with E-state index in [0.717, 1.165) is 13.1 Å². The second-order valence-corrected chi connectivity index (χ2v) is 5.93. The Bertz CT molecular complexity index is 587. The molecule has 0 bridgehead atoms. The lowest BCUT2D eigenvalue weighted by Gasteiger charge is -2.34. The number of pyridine rings is 1. The summed E-state index contributed by atoms with van der Waals surface area (Å²) in [5, 5.41) is 3.71. The number of rotatable bonds is 3. The number of nitrogens with zero attached hydrogens (tertiary/aromatic N) is 2. The molecule has 3 heteroatoms. The predicted octanol–water partition coefficient (Wildman–Crippen LogP) is 3.78. The molecule has 1 aliphatic heterocycles. The van der Waals surface area contributed by atoms with E-state index in [2.05, 4.69) is 59.4 Å². The molecule has 1 saturated heterocycles. The molecule has 0 saturated carbocycles. The molecule has 110 valence electrons. The van der Waals surface area contributed by atoms with E-state index < -0.39 is 0 Å². The fourth-order valence-electron chi connectivity index (χ4n) is 3.03. The summed E-state index contributed by atoms with van der Waals surface area (Å²) in [6, 6.07) is 11.4. The van der Waals surface area contributed by atoms with E-state index in [9.17, 15) is 0 Å². The van der Waals surface area contributed by atoms with Gasteiger partial charge in [0.15, 0.2) is 0 Å². The lowest BCUT2D eigenvalue weighted by molar-refractivity contribution is 0.526. The monoisotopic (exact) mass is 281 g/mol. The Morgan fingerprint density at radius 2 is 1.76 bits per heavy atom. The summed E-state index contributed by atoms with van der Waals surface area (Å²) in [6.07, 6.45) is 6.09. The third kappa shape index (κ3) is 3.35.